The van der Waals surface area contributed by atoms with E-state index in [1.54, 1.807) is 0 Å². The predicted molar refractivity (Wildman–Crippen MR) is 113 cm³/mol. The summed E-state index contributed by atoms with van der Waals surface area (Å²) in [6.45, 7) is 4.69. The van der Waals surface area contributed by atoms with Crippen LogP contribution < -0.4 is 0 Å². The first-order valence-electron chi connectivity index (χ1n) is 11.1. The fourth-order valence-corrected chi connectivity index (χ4v) is 7.19. The van der Waals surface area contributed by atoms with Crippen molar-refractivity contribution in [2.45, 2.75) is 64.9 Å². The van der Waals surface area contributed by atoms with Crippen LogP contribution in [-0.2, 0) is 4.79 Å². The Morgan fingerprint density at radius 3 is 2.54 bits per heavy atom. The zero-order chi connectivity index (χ0) is 19.5. The van der Waals surface area contributed by atoms with E-state index in [1.165, 1.54) is 5.57 Å². The summed E-state index contributed by atoms with van der Waals surface area (Å²) in [6, 6.07) is 10.3. The van der Waals surface area contributed by atoms with Crippen LogP contribution in [0, 0.1) is 28.6 Å². The molecule has 0 heterocycles. The van der Waals surface area contributed by atoms with E-state index in [9.17, 15) is 9.90 Å². The van der Waals surface area contributed by atoms with Gasteiger partial charge in [0.2, 0.25) is 0 Å². The molecule has 6 atom stereocenters. The molecule has 0 radical (unpaired) electrons. The van der Waals surface area contributed by atoms with E-state index in [1.807, 2.05) is 18.2 Å². The quantitative estimate of drug-likeness (QED) is 0.514. The smallest absolute Gasteiger partial charge is 0.165 e. The number of aliphatic hydroxyl groups excluding tert-OH is 1. The molecule has 0 aromatic heterocycles. The minimum atomic E-state index is -0.183. The second-order valence-corrected chi connectivity index (χ2v) is 10.2. The van der Waals surface area contributed by atoms with Crippen LogP contribution >= 0.6 is 0 Å². The minimum Gasteiger partial charge on any atom is -0.393 e. The average Bonchev–Trinajstić information content (AvgIpc) is 2.94. The molecule has 2 heteroatoms. The van der Waals surface area contributed by atoms with E-state index in [2.05, 4.69) is 38.1 Å². The van der Waals surface area contributed by atoms with Crippen molar-refractivity contribution in [1.29, 1.82) is 0 Å². The van der Waals surface area contributed by atoms with Gasteiger partial charge in [0.1, 0.15) is 0 Å². The molecular weight excluding hydrogens is 344 g/mol. The van der Waals surface area contributed by atoms with Crippen molar-refractivity contribution in [2.75, 3.05) is 0 Å². The second-order valence-electron chi connectivity index (χ2n) is 10.2. The SMILES string of the molecule is C[C@@]12CC[C@@H]3[C@@H](CC=C4C[C@@H](O)CC[C@@]43C)[C@H]1CC(=Cc1ccccc1)C2=O. The Labute approximate surface area is 168 Å². The highest BCUT2D eigenvalue weighted by atomic mass is 16.3. The van der Waals surface area contributed by atoms with Crippen LogP contribution in [0.4, 0.5) is 0 Å². The van der Waals surface area contributed by atoms with Crippen molar-refractivity contribution in [3.8, 4) is 0 Å². The molecule has 4 aliphatic rings. The number of carbonyl (C=O) groups is 1. The zero-order valence-corrected chi connectivity index (χ0v) is 17.2. The molecule has 3 saturated carbocycles. The van der Waals surface area contributed by atoms with Gasteiger partial charge in [-0.15, -0.1) is 0 Å². The van der Waals surface area contributed by atoms with E-state index >= 15 is 0 Å². The van der Waals surface area contributed by atoms with Gasteiger partial charge in [0, 0.05) is 5.41 Å². The van der Waals surface area contributed by atoms with E-state index in [4.69, 9.17) is 0 Å². The van der Waals surface area contributed by atoms with E-state index in [0.717, 1.165) is 56.1 Å². The Balaban J connectivity index is 1.48. The molecule has 4 aliphatic carbocycles. The molecule has 1 N–H and O–H groups in total. The first-order valence-corrected chi connectivity index (χ1v) is 11.1. The van der Waals surface area contributed by atoms with Gasteiger partial charge in [-0.25, -0.2) is 0 Å². The summed E-state index contributed by atoms with van der Waals surface area (Å²) in [7, 11) is 0. The summed E-state index contributed by atoms with van der Waals surface area (Å²) >= 11 is 0. The minimum absolute atomic E-state index is 0.154. The second kappa shape index (κ2) is 6.42. The van der Waals surface area contributed by atoms with Crippen molar-refractivity contribution in [3.05, 3.63) is 53.1 Å². The number of hydrogen-bond acceptors (Lipinski definition) is 2. The summed E-state index contributed by atoms with van der Waals surface area (Å²) < 4.78 is 0. The highest BCUT2D eigenvalue weighted by Gasteiger charge is 2.59. The van der Waals surface area contributed by atoms with Gasteiger partial charge in [0.05, 0.1) is 6.10 Å². The number of aliphatic hydroxyl groups is 1. The molecule has 0 amide bonds. The van der Waals surface area contributed by atoms with E-state index in [0.29, 0.717) is 23.5 Å². The summed E-state index contributed by atoms with van der Waals surface area (Å²) in [5.41, 5.74) is 3.73. The standard InChI is InChI=1S/C26H32O2/c1-25-12-10-20(27)16-19(25)8-9-21-22(25)11-13-26(2)23(21)15-18(24(26)28)14-17-6-4-3-5-7-17/h3-8,14,20-23,27H,9-13,15-16H2,1-2H3/t20-,21+,22+,23+,25-,26+/m0/s1. The normalized spacial score (nSPS) is 43.9. The van der Waals surface area contributed by atoms with Gasteiger partial charge >= 0.3 is 0 Å². The lowest BCUT2D eigenvalue weighted by Crippen LogP contribution is -2.50. The summed E-state index contributed by atoms with van der Waals surface area (Å²) in [5.74, 6) is 2.14. The van der Waals surface area contributed by atoms with Crippen molar-refractivity contribution in [3.63, 3.8) is 0 Å². The van der Waals surface area contributed by atoms with E-state index in [-0.39, 0.29) is 16.9 Å². The number of Topliss-reactive ketones (excluding diaryl/α,β-unsaturated/α-hetero) is 1. The van der Waals surface area contributed by atoms with Crippen LogP contribution in [0.25, 0.3) is 6.08 Å². The Bertz CT molecular complexity index is 850. The zero-order valence-electron chi connectivity index (χ0n) is 17.2. The molecule has 2 nitrogen and oxygen atoms in total. The van der Waals surface area contributed by atoms with Gasteiger partial charge in [-0.1, -0.05) is 55.8 Å². The topological polar surface area (TPSA) is 37.3 Å². The van der Waals surface area contributed by atoms with Crippen LogP contribution in [0.2, 0.25) is 0 Å². The Morgan fingerprint density at radius 1 is 1.00 bits per heavy atom. The molecule has 1 aromatic rings. The first kappa shape index (κ1) is 18.4. The van der Waals surface area contributed by atoms with Crippen LogP contribution in [0.5, 0.6) is 0 Å². The highest BCUT2D eigenvalue weighted by Crippen LogP contribution is 2.64. The third-order valence-electron chi connectivity index (χ3n) is 8.86. The lowest BCUT2D eigenvalue weighted by molar-refractivity contribution is -0.130. The predicted octanol–water partition coefficient (Wildman–Crippen LogP) is 5.57. The highest BCUT2D eigenvalue weighted by molar-refractivity contribution is 6.05. The summed E-state index contributed by atoms with van der Waals surface area (Å²) in [5, 5.41) is 10.2. The molecule has 0 bridgehead atoms. The van der Waals surface area contributed by atoms with Crippen molar-refractivity contribution in [1.82, 2.24) is 0 Å². The van der Waals surface area contributed by atoms with Gasteiger partial charge in [0.15, 0.2) is 5.78 Å². The summed E-state index contributed by atoms with van der Waals surface area (Å²) in [4.78, 5) is 13.4. The molecule has 5 rings (SSSR count). The lowest BCUT2D eigenvalue weighted by atomic mass is 9.48. The first-order chi connectivity index (χ1) is 13.4. The Kier molecular flexibility index (Phi) is 4.21. The van der Waals surface area contributed by atoms with E-state index < -0.39 is 0 Å². The molecule has 3 fully saturated rings. The lowest BCUT2D eigenvalue weighted by Gasteiger charge is -2.56. The molecule has 0 aliphatic heterocycles. The molecule has 148 valence electrons. The maximum absolute atomic E-state index is 13.4. The average molecular weight is 377 g/mol. The van der Waals surface area contributed by atoms with Crippen LogP contribution in [0.15, 0.2) is 47.6 Å². The number of rotatable bonds is 1. The number of benzene rings is 1. The number of carbonyl (C=O) groups excluding carboxylic acids is 1. The van der Waals surface area contributed by atoms with Crippen LogP contribution in [0.3, 0.4) is 0 Å². The largest absolute Gasteiger partial charge is 0.393 e. The summed E-state index contributed by atoms with van der Waals surface area (Å²) in [6.07, 6.45) is 11.5. The molecular formula is C26H32O2. The molecule has 1 aromatic carbocycles. The van der Waals surface area contributed by atoms with Crippen molar-refractivity contribution >= 4 is 11.9 Å². The Hall–Kier alpha value is -1.67. The number of hydrogen-bond donors (Lipinski definition) is 1. The van der Waals surface area contributed by atoms with Gasteiger partial charge in [0.25, 0.3) is 0 Å². The van der Waals surface area contributed by atoms with Gasteiger partial charge < -0.3 is 5.11 Å². The monoisotopic (exact) mass is 376 g/mol. The van der Waals surface area contributed by atoms with Gasteiger partial charge in [-0.3, -0.25) is 4.79 Å². The third kappa shape index (κ3) is 2.60. The third-order valence-corrected chi connectivity index (χ3v) is 8.86. The molecule has 0 unspecified atom stereocenters. The number of fused-ring (bicyclic) bond motifs is 5. The van der Waals surface area contributed by atoms with Crippen molar-refractivity contribution < 1.29 is 9.90 Å². The molecule has 28 heavy (non-hydrogen) atoms. The van der Waals surface area contributed by atoms with Gasteiger partial charge in [-0.2, -0.15) is 0 Å². The van der Waals surface area contributed by atoms with Gasteiger partial charge in [-0.05, 0) is 85.3 Å². The maximum atomic E-state index is 13.4. The van der Waals surface area contributed by atoms with Crippen LogP contribution in [0.1, 0.15) is 64.4 Å². The molecule has 0 spiro atoms. The number of allylic oxidation sites excluding steroid dienone is 2. The Morgan fingerprint density at radius 2 is 1.75 bits per heavy atom. The number of ketones is 1. The maximum Gasteiger partial charge on any atom is 0.165 e. The van der Waals surface area contributed by atoms with Crippen LogP contribution in [-0.4, -0.2) is 17.0 Å². The fourth-order valence-electron chi connectivity index (χ4n) is 7.19. The fraction of sp³-hybridized carbons (Fsp3) is 0.577. The molecule has 0 saturated heterocycles. The van der Waals surface area contributed by atoms with Crippen molar-refractivity contribution in [2.24, 2.45) is 28.6 Å².